The average Bonchev–Trinajstić information content (AvgIpc) is 2.73. The summed E-state index contributed by atoms with van der Waals surface area (Å²) < 4.78 is 38.2. The van der Waals surface area contributed by atoms with Crippen LogP contribution in [0.15, 0.2) is 70.4 Å². The summed E-state index contributed by atoms with van der Waals surface area (Å²) >= 11 is 0. The molecule has 32 heavy (non-hydrogen) atoms. The summed E-state index contributed by atoms with van der Waals surface area (Å²) in [6.45, 7) is 3.31. The second kappa shape index (κ2) is 7.54. The Bertz CT molecular complexity index is 1560. The molecular formula is C23H20FN3O4S. The van der Waals surface area contributed by atoms with Crippen molar-refractivity contribution < 1.29 is 17.6 Å². The number of halogens is 1. The van der Waals surface area contributed by atoms with E-state index < -0.39 is 27.3 Å². The van der Waals surface area contributed by atoms with E-state index in [0.717, 1.165) is 6.07 Å². The number of H-pyrrole nitrogens is 1. The number of para-hydroxylation sites is 1. The van der Waals surface area contributed by atoms with E-state index in [1.165, 1.54) is 24.3 Å². The van der Waals surface area contributed by atoms with Crippen LogP contribution in [0.5, 0.6) is 0 Å². The number of amides is 1. The van der Waals surface area contributed by atoms with Gasteiger partial charge in [-0.25, -0.2) is 17.9 Å². The second-order valence-electron chi connectivity index (χ2n) is 8.03. The van der Waals surface area contributed by atoms with Crippen LogP contribution in [-0.4, -0.2) is 19.3 Å². The number of carbonyl (C=O) groups is 1. The summed E-state index contributed by atoms with van der Waals surface area (Å²) in [7, 11) is -3.93. The van der Waals surface area contributed by atoms with E-state index in [1.54, 1.807) is 44.2 Å². The maximum atomic E-state index is 14.8. The third-order valence-corrected chi connectivity index (χ3v) is 6.26. The van der Waals surface area contributed by atoms with Gasteiger partial charge in [-0.15, -0.1) is 0 Å². The van der Waals surface area contributed by atoms with Gasteiger partial charge in [0.05, 0.1) is 21.5 Å². The third kappa shape index (κ3) is 3.88. The van der Waals surface area contributed by atoms with Crippen LogP contribution >= 0.6 is 0 Å². The van der Waals surface area contributed by atoms with Gasteiger partial charge < -0.3 is 10.3 Å². The minimum Gasteiger partial charge on any atom is -0.354 e. The van der Waals surface area contributed by atoms with Gasteiger partial charge in [0, 0.05) is 16.3 Å². The topological polar surface area (TPSA) is 122 Å². The fraction of sp³-hybridized carbons (Fsp3) is 0.130. The number of aromatic nitrogens is 1. The average molecular weight is 453 g/mol. The Morgan fingerprint density at radius 2 is 1.72 bits per heavy atom. The van der Waals surface area contributed by atoms with Gasteiger partial charge in [-0.05, 0) is 55.8 Å². The minimum absolute atomic E-state index is 0.0985. The number of aromatic amines is 1. The number of rotatable bonds is 4. The molecule has 0 atom stereocenters. The van der Waals surface area contributed by atoms with Crippen LogP contribution in [0.25, 0.3) is 21.8 Å². The first kappa shape index (κ1) is 21.7. The molecule has 0 spiro atoms. The largest absolute Gasteiger partial charge is 0.354 e. The van der Waals surface area contributed by atoms with Gasteiger partial charge in [-0.2, -0.15) is 0 Å². The van der Waals surface area contributed by atoms with Crippen LogP contribution in [0, 0.1) is 5.82 Å². The van der Waals surface area contributed by atoms with Gasteiger partial charge >= 0.3 is 0 Å². The molecule has 0 unspecified atom stereocenters. The number of hydrogen-bond donors (Lipinski definition) is 3. The SMILES string of the molecule is CC(C)(NC(=O)c1cc2[nH]c3ccccc3c(=O)c2cc1F)c1cccc(S(N)(=O)=O)c1. The van der Waals surface area contributed by atoms with Crippen molar-refractivity contribution in [3.05, 3.63) is 87.8 Å². The fourth-order valence-electron chi connectivity index (χ4n) is 3.60. The molecule has 4 aromatic rings. The number of nitrogens with one attached hydrogen (secondary N) is 2. The molecule has 0 bridgehead atoms. The maximum absolute atomic E-state index is 14.8. The molecule has 1 heterocycles. The van der Waals surface area contributed by atoms with E-state index in [4.69, 9.17) is 5.14 Å². The van der Waals surface area contributed by atoms with E-state index >= 15 is 0 Å². The highest BCUT2D eigenvalue weighted by atomic mass is 32.2. The number of nitrogens with two attached hydrogens (primary N) is 1. The minimum atomic E-state index is -3.93. The Balaban J connectivity index is 1.74. The normalized spacial score (nSPS) is 12.2. The molecule has 0 fully saturated rings. The van der Waals surface area contributed by atoms with Crippen molar-refractivity contribution >= 4 is 37.7 Å². The van der Waals surface area contributed by atoms with Crippen LogP contribution in [0.3, 0.4) is 0 Å². The molecule has 0 saturated carbocycles. The summed E-state index contributed by atoms with van der Waals surface area (Å²) in [5.41, 5.74) is -0.259. The smallest absolute Gasteiger partial charge is 0.255 e. The number of benzene rings is 3. The lowest BCUT2D eigenvalue weighted by atomic mass is 9.93. The monoisotopic (exact) mass is 453 g/mol. The summed E-state index contributed by atoms with van der Waals surface area (Å²) in [6.07, 6.45) is 0. The molecule has 0 radical (unpaired) electrons. The Labute approximate surface area is 183 Å². The van der Waals surface area contributed by atoms with Gasteiger partial charge in [0.25, 0.3) is 5.91 Å². The lowest BCUT2D eigenvalue weighted by Gasteiger charge is -2.27. The Morgan fingerprint density at radius 1 is 1.00 bits per heavy atom. The number of pyridine rings is 1. The molecule has 0 aliphatic rings. The zero-order chi connectivity index (χ0) is 23.3. The van der Waals surface area contributed by atoms with Gasteiger partial charge in [0.1, 0.15) is 5.82 Å². The van der Waals surface area contributed by atoms with E-state index in [-0.39, 0.29) is 21.3 Å². The number of carbonyl (C=O) groups excluding carboxylic acids is 1. The first-order chi connectivity index (χ1) is 15.0. The lowest BCUT2D eigenvalue weighted by Crippen LogP contribution is -2.41. The highest BCUT2D eigenvalue weighted by molar-refractivity contribution is 7.89. The number of hydrogen-bond acceptors (Lipinski definition) is 4. The zero-order valence-corrected chi connectivity index (χ0v) is 18.1. The van der Waals surface area contributed by atoms with E-state index in [9.17, 15) is 22.4 Å². The Morgan fingerprint density at radius 3 is 2.44 bits per heavy atom. The van der Waals surface area contributed by atoms with Crippen LogP contribution in [0.4, 0.5) is 4.39 Å². The quantitative estimate of drug-likeness (QED) is 0.411. The molecule has 1 amide bonds. The second-order valence-corrected chi connectivity index (χ2v) is 9.59. The van der Waals surface area contributed by atoms with E-state index in [2.05, 4.69) is 10.3 Å². The van der Waals surface area contributed by atoms with Gasteiger partial charge in [-0.1, -0.05) is 24.3 Å². The molecule has 4 N–H and O–H groups in total. The predicted molar refractivity (Wildman–Crippen MR) is 120 cm³/mol. The van der Waals surface area contributed by atoms with Crippen molar-refractivity contribution in [2.75, 3.05) is 0 Å². The Kier molecular flexibility index (Phi) is 5.10. The number of primary sulfonamides is 1. The zero-order valence-electron chi connectivity index (χ0n) is 17.3. The maximum Gasteiger partial charge on any atom is 0.255 e. The molecule has 9 heteroatoms. The van der Waals surface area contributed by atoms with Crippen LogP contribution in [0.2, 0.25) is 0 Å². The third-order valence-electron chi connectivity index (χ3n) is 5.35. The Hall–Kier alpha value is -3.56. The molecule has 164 valence electrons. The molecule has 3 aromatic carbocycles. The van der Waals surface area contributed by atoms with Gasteiger partial charge in [0.15, 0.2) is 5.43 Å². The lowest BCUT2D eigenvalue weighted by molar-refractivity contribution is 0.0908. The first-order valence-corrected chi connectivity index (χ1v) is 11.2. The number of fused-ring (bicyclic) bond motifs is 2. The predicted octanol–water partition coefficient (Wildman–Crippen LogP) is 3.13. The fourth-order valence-corrected chi connectivity index (χ4v) is 4.16. The van der Waals surface area contributed by atoms with Crippen molar-refractivity contribution in [2.24, 2.45) is 5.14 Å². The molecule has 7 nitrogen and oxygen atoms in total. The highest BCUT2D eigenvalue weighted by Gasteiger charge is 2.26. The first-order valence-electron chi connectivity index (χ1n) is 9.67. The summed E-state index contributed by atoms with van der Waals surface area (Å²) in [5.74, 6) is -1.56. The summed E-state index contributed by atoms with van der Waals surface area (Å²) in [5, 5.41) is 8.47. The van der Waals surface area contributed by atoms with Crippen LogP contribution < -0.4 is 15.9 Å². The molecule has 1 aromatic heterocycles. The van der Waals surface area contributed by atoms with Crippen molar-refractivity contribution in [1.29, 1.82) is 0 Å². The molecular weight excluding hydrogens is 433 g/mol. The molecule has 0 aliphatic heterocycles. The van der Waals surface area contributed by atoms with Gasteiger partial charge in [-0.3, -0.25) is 9.59 Å². The van der Waals surface area contributed by atoms with Crippen molar-refractivity contribution in [2.45, 2.75) is 24.3 Å². The van der Waals surface area contributed by atoms with Crippen LogP contribution in [-0.2, 0) is 15.6 Å². The highest BCUT2D eigenvalue weighted by Crippen LogP contribution is 2.25. The molecule has 4 rings (SSSR count). The van der Waals surface area contributed by atoms with Crippen molar-refractivity contribution in [1.82, 2.24) is 10.3 Å². The standard InChI is InChI=1S/C23H20FN3O4S/c1-23(2,13-6-5-7-14(10-13)32(25,30)31)27-22(29)16-12-20-17(11-18(16)24)21(28)15-8-3-4-9-19(15)26-20/h3-12H,1-2H3,(H,26,28)(H,27,29)(H2,25,30,31). The summed E-state index contributed by atoms with van der Waals surface area (Å²) in [6, 6.07) is 15.0. The molecule has 0 aliphatic carbocycles. The van der Waals surface area contributed by atoms with E-state index in [1.807, 2.05) is 0 Å². The molecule has 0 saturated heterocycles. The van der Waals surface area contributed by atoms with E-state index in [0.29, 0.717) is 22.0 Å². The van der Waals surface area contributed by atoms with Crippen LogP contribution in [0.1, 0.15) is 29.8 Å². The number of sulfonamides is 1. The van der Waals surface area contributed by atoms with Gasteiger partial charge in [0.2, 0.25) is 10.0 Å². The van der Waals surface area contributed by atoms with Crippen molar-refractivity contribution in [3.63, 3.8) is 0 Å². The van der Waals surface area contributed by atoms with Crippen molar-refractivity contribution in [3.8, 4) is 0 Å². The summed E-state index contributed by atoms with van der Waals surface area (Å²) in [4.78, 5) is 28.6.